The Balaban J connectivity index is 1.94. The zero-order valence-corrected chi connectivity index (χ0v) is 13.6. The second kappa shape index (κ2) is 6.45. The van der Waals surface area contributed by atoms with Gasteiger partial charge >= 0.3 is 4.87 Å². The summed E-state index contributed by atoms with van der Waals surface area (Å²) in [5.41, 5.74) is 0. The fraction of sp³-hybridized carbons (Fsp3) is 0.636. The molecule has 7 N–H and O–H groups in total. The highest BCUT2D eigenvalue weighted by atomic mass is 32.1. The third-order valence-electron chi connectivity index (χ3n) is 4.03. The Morgan fingerprint density at radius 2 is 2.21 bits per heavy atom. The lowest BCUT2D eigenvalue weighted by atomic mass is 10.1. The van der Waals surface area contributed by atoms with Crippen molar-refractivity contribution in [2.45, 2.75) is 44.5 Å². The van der Waals surface area contributed by atoms with Crippen LogP contribution in [0.2, 0.25) is 0 Å². The quantitative estimate of drug-likeness (QED) is 0.234. The average molecular weight is 358 g/mol. The number of ether oxygens (including phenoxy) is 1. The molecule has 1 aromatic rings. The Bertz CT molecular complexity index is 717. The molecule has 132 valence electrons. The van der Waals surface area contributed by atoms with Crippen LogP contribution in [-0.2, 0) is 9.57 Å². The number of anilines is 1. The largest absolute Gasteiger partial charge is 0.352 e. The predicted octanol–water partition coefficient (Wildman–Crippen LogP) is -0.783. The number of nitrogens with one attached hydrogen (secondary N) is 1. The lowest BCUT2D eigenvalue weighted by Gasteiger charge is -2.30. The molecule has 0 aliphatic carbocycles. The van der Waals surface area contributed by atoms with E-state index in [1.54, 1.807) is 6.92 Å². The van der Waals surface area contributed by atoms with E-state index in [9.17, 15) is 9.59 Å². The van der Waals surface area contributed by atoms with Crippen LogP contribution < -0.4 is 27.8 Å². The summed E-state index contributed by atoms with van der Waals surface area (Å²) in [5, 5.41) is 10.5. The summed E-state index contributed by atoms with van der Waals surface area (Å²) in [6.45, 7) is 1.78. The first kappa shape index (κ1) is 16.8. The van der Waals surface area contributed by atoms with E-state index in [2.05, 4.69) is 15.7 Å². The standard InChI is InChI=1S/C11H18N8O4S/c1-4(23-14)5-2-3-6(22-5)18-8-7(24-11(18)21)9(20)19(13)10(15-8)16-17-12/h4-6,10,15H,2-3,13-14H2,1H3,(H2,12,16)/t4?,5-,6+,10?/m0/s1. The molecule has 1 saturated heterocycles. The molecule has 0 spiro atoms. The molecule has 24 heavy (non-hydrogen) atoms. The number of carbonyl (C=O) groups is 1. The summed E-state index contributed by atoms with van der Waals surface area (Å²) in [5.74, 6) is 15.6. The van der Waals surface area contributed by atoms with Gasteiger partial charge in [0.1, 0.15) is 23.0 Å². The lowest BCUT2D eigenvalue weighted by Crippen LogP contribution is -2.52. The van der Waals surface area contributed by atoms with Gasteiger partial charge in [0, 0.05) is 0 Å². The molecular weight excluding hydrogens is 340 g/mol. The van der Waals surface area contributed by atoms with Crippen molar-refractivity contribution in [3.05, 3.63) is 14.5 Å². The Labute approximate surface area is 140 Å². The molecule has 2 aliphatic heterocycles. The fourth-order valence-corrected chi connectivity index (χ4v) is 3.69. The number of thiazole rings is 1. The highest BCUT2D eigenvalue weighted by molar-refractivity contribution is 7.12. The van der Waals surface area contributed by atoms with Crippen LogP contribution in [0.5, 0.6) is 0 Å². The van der Waals surface area contributed by atoms with Crippen molar-refractivity contribution in [3.8, 4) is 0 Å². The molecule has 1 fully saturated rings. The van der Waals surface area contributed by atoms with Gasteiger partial charge in [0.05, 0.1) is 6.10 Å². The molecule has 4 atom stereocenters. The van der Waals surface area contributed by atoms with Crippen LogP contribution in [0.4, 0.5) is 5.82 Å². The minimum Gasteiger partial charge on any atom is -0.352 e. The molecule has 1 amide bonds. The third-order valence-corrected chi connectivity index (χ3v) is 4.98. The number of hydrogen-bond donors (Lipinski definition) is 4. The minimum absolute atomic E-state index is 0.182. The zero-order chi connectivity index (χ0) is 17.4. The van der Waals surface area contributed by atoms with Gasteiger partial charge in [-0.15, -0.1) is 5.11 Å². The monoisotopic (exact) mass is 358 g/mol. The van der Waals surface area contributed by atoms with Crippen LogP contribution >= 0.6 is 11.3 Å². The molecule has 12 nitrogen and oxygen atoms in total. The van der Waals surface area contributed by atoms with Gasteiger partial charge in [0.15, 0.2) is 0 Å². The van der Waals surface area contributed by atoms with Crippen molar-refractivity contribution in [3.63, 3.8) is 0 Å². The molecule has 0 saturated carbocycles. The van der Waals surface area contributed by atoms with E-state index >= 15 is 0 Å². The topological polar surface area (TPSA) is 176 Å². The van der Waals surface area contributed by atoms with E-state index in [0.29, 0.717) is 18.7 Å². The number of nitrogens with zero attached hydrogens (tertiary/aromatic N) is 4. The van der Waals surface area contributed by atoms with Crippen molar-refractivity contribution in [1.82, 2.24) is 9.58 Å². The summed E-state index contributed by atoms with van der Waals surface area (Å²) < 4.78 is 7.23. The highest BCUT2D eigenvalue weighted by Crippen LogP contribution is 2.36. The van der Waals surface area contributed by atoms with Crippen LogP contribution in [0, 0.1) is 0 Å². The van der Waals surface area contributed by atoms with Crippen molar-refractivity contribution in [2.24, 2.45) is 27.9 Å². The number of carbonyl (C=O) groups excluding carboxylic acids is 1. The smallest absolute Gasteiger partial charge is 0.311 e. The molecule has 0 bridgehead atoms. The predicted molar refractivity (Wildman–Crippen MR) is 83.3 cm³/mol. The van der Waals surface area contributed by atoms with Crippen LogP contribution in [0.3, 0.4) is 0 Å². The number of hydrogen-bond acceptors (Lipinski definition) is 10. The van der Waals surface area contributed by atoms with Gasteiger partial charge in [-0.3, -0.25) is 19.0 Å². The molecule has 2 unspecified atom stereocenters. The van der Waals surface area contributed by atoms with Gasteiger partial charge in [0.25, 0.3) is 5.91 Å². The third kappa shape index (κ3) is 2.65. The summed E-state index contributed by atoms with van der Waals surface area (Å²) in [6.07, 6.45) is -0.852. The Hall–Kier alpha value is -2.06. The van der Waals surface area contributed by atoms with E-state index in [4.69, 9.17) is 27.2 Å². The first-order chi connectivity index (χ1) is 11.5. The van der Waals surface area contributed by atoms with E-state index in [1.165, 1.54) is 4.57 Å². The second-order valence-electron chi connectivity index (χ2n) is 5.42. The van der Waals surface area contributed by atoms with Gasteiger partial charge in [0.2, 0.25) is 6.29 Å². The molecule has 0 radical (unpaired) electrons. The van der Waals surface area contributed by atoms with Crippen LogP contribution in [-0.4, -0.2) is 34.0 Å². The first-order valence-electron chi connectivity index (χ1n) is 7.19. The van der Waals surface area contributed by atoms with Gasteiger partial charge < -0.3 is 15.9 Å². The molecule has 3 rings (SSSR count). The van der Waals surface area contributed by atoms with Gasteiger partial charge in [-0.1, -0.05) is 16.6 Å². The maximum Gasteiger partial charge on any atom is 0.311 e. The number of fused-ring (bicyclic) bond motifs is 1. The van der Waals surface area contributed by atoms with E-state index in [0.717, 1.165) is 16.3 Å². The van der Waals surface area contributed by atoms with E-state index < -0.39 is 18.4 Å². The average Bonchev–Trinajstić information content (AvgIpc) is 3.16. The summed E-state index contributed by atoms with van der Waals surface area (Å²) in [6, 6.07) is 0. The number of rotatable bonds is 4. The van der Waals surface area contributed by atoms with E-state index in [-0.39, 0.29) is 22.0 Å². The second-order valence-corrected chi connectivity index (χ2v) is 6.39. The summed E-state index contributed by atoms with van der Waals surface area (Å²) in [7, 11) is 0. The molecular formula is C11H18N8O4S. The van der Waals surface area contributed by atoms with Crippen LogP contribution in [0.1, 0.15) is 35.7 Å². The minimum atomic E-state index is -1.00. The van der Waals surface area contributed by atoms with Gasteiger partial charge in [-0.2, -0.15) is 0 Å². The highest BCUT2D eigenvalue weighted by Gasteiger charge is 2.39. The van der Waals surface area contributed by atoms with Crippen molar-refractivity contribution >= 4 is 23.1 Å². The fourth-order valence-electron chi connectivity index (χ4n) is 2.76. The van der Waals surface area contributed by atoms with Gasteiger partial charge in [-0.05, 0) is 19.8 Å². The lowest BCUT2D eigenvalue weighted by molar-refractivity contribution is -0.0805. The molecule has 13 heteroatoms. The number of nitrogens with two attached hydrogens (primary N) is 3. The molecule has 2 aliphatic rings. The Kier molecular flexibility index (Phi) is 4.51. The van der Waals surface area contributed by atoms with Crippen molar-refractivity contribution in [2.75, 3.05) is 5.32 Å². The SMILES string of the molecule is CC(ON)[C@@H]1CC[C@H](n2c3c(sc2=O)C(=O)N(N)C(N=NN)N3)O1. The molecule has 0 aromatic carbocycles. The summed E-state index contributed by atoms with van der Waals surface area (Å²) in [4.78, 5) is 29.3. The van der Waals surface area contributed by atoms with Crippen LogP contribution in [0.25, 0.3) is 0 Å². The number of aromatic nitrogens is 1. The number of amides is 1. The number of hydrazine groups is 1. The normalized spacial score (nSPS) is 28.2. The van der Waals surface area contributed by atoms with Gasteiger partial charge in [-0.25, -0.2) is 16.7 Å². The summed E-state index contributed by atoms with van der Waals surface area (Å²) >= 11 is 0.785. The molecule has 1 aromatic heterocycles. The Morgan fingerprint density at radius 1 is 1.46 bits per heavy atom. The van der Waals surface area contributed by atoms with Crippen molar-refractivity contribution < 1.29 is 14.4 Å². The molecule has 3 heterocycles. The maximum absolute atomic E-state index is 12.4. The first-order valence-corrected chi connectivity index (χ1v) is 8.00. The zero-order valence-electron chi connectivity index (χ0n) is 12.8. The maximum atomic E-state index is 12.4. The van der Waals surface area contributed by atoms with Crippen LogP contribution in [0.15, 0.2) is 15.1 Å². The van der Waals surface area contributed by atoms with Crippen molar-refractivity contribution in [1.29, 1.82) is 0 Å². The Morgan fingerprint density at radius 3 is 2.88 bits per heavy atom. The van der Waals surface area contributed by atoms with E-state index in [1.807, 2.05) is 0 Å².